The molecule has 25 heavy (non-hydrogen) atoms. The highest BCUT2D eigenvalue weighted by atomic mass is 15.2. The molecule has 0 atom stereocenters. The molecule has 1 N–H and O–H groups in total. The summed E-state index contributed by atoms with van der Waals surface area (Å²) in [6.07, 6.45) is 6.93. The minimum absolute atomic E-state index is 0.671. The van der Waals surface area contributed by atoms with Crippen LogP contribution in [0, 0.1) is 5.92 Å². The molecule has 0 bridgehead atoms. The Labute approximate surface area is 150 Å². The number of piperidine rings is 1. The fourth-order valence-corrected chi connectivity index (χ4v) is 3.68. The zero-order chi connectivity index (χ0) is 17.1. The molecule has 2 saturated heterocycles. The highest BCUT2D eigenvalue weighted by molar-refractivity contribution is 5.60. The van der Waals surface area contributed by atoms with E-state index in [1.54, 1.807) is 0 Å². The summed E-state index contributed by atoms with van der Waals surface area (Å²) in [6, 6.07) is 10.6. The van der Waals surface area contributed by atoms with Crippen LogP contribution in [0.25, 0.3) is 0 Å². The van der Waals surface area contributed by atoms with Crippen molar-refractivity contribution in [2.75, 3.05) is 41.3 Å². The van der Waals surface area contributed by atoms with Crippen LogP contribution in [0.1, 0.15) is 32.6 Å². The first-order valence-corrected chi connectivity index (χ1v) is 9.48. The van der Waals surface area contributed by atoms with Crippen LogP contribution in [0.3, 0.4) is 0 Å². The lowest BCUT2D eigenvalue weighted by molar-refractivity contribution is 0.436. The second kappa shape index (κ2) is 7.30. The Hall–Kier alpha value is -2.30. The zero-order valence-electron chi connectivity index (χ0n) is 15.0. The normalized spacial score (nSPS) is 18.6. The minimum Gasteiger partial charge on any atom is -0.372 e. The Kier molecular flexibility index (Phi) is 4.72. The van der Waals surface area contributed by atoms with Gasteiger partial charge in [-0.3, -0.25) is 0 Å². The molecule has 2 aromatic rings. The molecule has 1 aromatic carbocycles. The number of benzene rings is 1. The average Bonchev–Trinajstić information content (AvgIpc) is 3.18. The maximum Gasteiger partial charge on any atom is 0.229 e. The third-order valence-corrected chi connectivity index (χ3v) is 5.34. The molecule has 2 aliphatic heterocycles. The zero-order valence-corrected chi connectivity index (χ0v) is 15.0. The maximum absolute atomic E-state index is 4.71. The lowest BCUT2D eigenvalue weighted by Gasteiger charge is -2.31. The number of anilines is 4. The Balaban J connectivity index is 1.43. The number of aromatic nitrogens is 2. The molecule has 0 radical (unpaired) electrons. The van der Waals surface area contributed by atoms with E-state index in [9.17, 15) is 0 Å². The van der Waals surface area contributed by atoms with Gasteiger partial charge >= 0.3 is 0 Å². The van der Waals surface area contributed by atoms with Gasteiger partial charge in [0.15, 0.2) is 0 Å². The standard InChI is InChI=1S/C20H27N5/c1-16-9-14-25(15-10-16)19-8-11-21-20(23-19)22-17-4-6-18(7-5-17)24-12-2-3-13-24/h4-8,11,16H,2-3,9-10,12-15H2,1H3,(H,21,22,23). The molecule has 1 aromatic heterocycles. The first kappa shape index (κ1) is 16.2. The van der Waals surface area contributed by atoms with Crippen molar-refractivity contribution in [3.8, 4) is 0 Å². The molecule has 0 spiro atoms. The van der Waals surface area contributed by atoms with Crippen LogP contribution in [0.15, 0.2) is 36.5 Å². The first-order valence-electron chi connectivity index (χ1n) is 9.48. The van der Waals surface area contributed by atoms with Gasteiger partial charge in [-0.25, -0.2) is 4.98 Å². The number of rotatable bonds is 4. The van der Waals surface area contributed by atoms with E-state index in [-0.39, 0.29) is 0 Å². The highest BCUT2D eigenvalue weighted by Crippen LogP contribution is 2.25. The summed E-state index contributed by atoms with van der Waals surface area (Å²) in [5.41, 5.74) is 2.34. The van der Waals surface area contributed by atoms with Crippen molar-refractivity contribution in [3.05, 3.63) is 36.5 Å². The third-order valence-electron chi connectivity index (χ3n) is 5.34. The summed E-state index contributed by atoms with van der Waals surface area (Å²) in [4.78, 5) is 13.9. The monoisotopic (exact) mass is 337 g/mol. The average molecular weight is 337 g/mol. The summed E-state index contributed by atoms with van der Waals surface area (Å²) in [6.45, 7) is 6.85. The number of hydrogen-bond acceptors (Lipinski definition) is 5. The Morgan fingerprint density at radius 1 is 0.920 bits per heavy atom. The Bertz CT molecular complexity index is 685. The van der Waals surface area contributed by atoms with Gasteiger partial charge in [-0.05, 0) is 61.9 Å². The first-order chi connectivity index (χ1) is 12.3. The van der Waals surface area contributed by atoms with Crippen LogP contribution in [0.5, 0.6) is 0 Å². The van der Waals surface area contributed by atoms with Crippen molar-refractivity contribution in [3.63, 3.8) is 0 Å². The quantitative estimate of drug-likeness (QED) is 0.911. The second-order valence-electron chi connectivity index (χ2n) is 7.27. The van der Waals surface area contributed by atoms with E-state index in [1.807, 2.05) is 12.3 Å². The summed E-state index contributed by atoms with van der Waals surface area (Å²) in [7, 11) is 0. The van der Waals surface area contributed by atoms with Crippen molar-refractivity contribution in [1.82, 2.24) is 9.97 Å². The van der Waals surface area contributed by atoms with Crippen LogP contribution < -0.4 is 15.1 Å². The molecule has 0 aliphatic carbocycles. The molecule has 2 fully saturated rings. The fraction of sp³-hybridized carbons (Fsp3) is 0.500. The van der Waals surface area contributed by atoms with Crippen LogP contribution >= 0.6 is 0 Å². The van der Waals surface area contributed by atoms with Crippen LogP contribution in [-0.2, 0) is 0 Å². The Morgan fingerprint density at radius 2 is 1.64 bits per heavy atom. The number of nitrogens with one attached hydrogen (secondary N) is 1. The summed E-state index contributed by atoms with van der Waals surface area (Å²) in [5.74, 6) is 2.52. The van der Waals surface area contributed by atoms with Crippen LogP contribution in [0.4, 0.5) is 23.1 Å². The van der Waals surface area contributed by atoms with Crippen molar-refractivity contribution in [2.45, 2.75) is 32.6 Å². The van der Waals surface area contributed by atoms with Gasteiger partial charge in [0.25, 0.3) is 0 Å². The van der Waals surface area contributed by atoms with Gasteiger partial charge in [0.05, 0.1) is 0 Å². The Morgan fingerprint density at radius 3 is 2.36 bits per heavy atom. The number of hydrogen-bond donors (Lipinski definition) is 1. The predicted octanol–water partition coefficient (Wildman–Crippen LogP) is 4.06. The van der Waals surface area contributed by atoms with Crippen LogP contribution in [-0.4, -0.2) is 36.1 Å². The van der Waals surface area contributed by atoms with E-state index < -0.39 is 0 Å². The van der Waals surface area contributed by atoms with Crippen molar-refractivity contribution >= 4 is 23.1 Å². The summed E-state index contributed by atoms with van der Waals surface area (Å²) < 4.78 is 0. The summed E-state index contributed by atoms with van der Waals surface area (Å²) >= 11 is 0. The second-order valence-corrected chi connectivity index (χ2v) is 7.27. The molecule has 132 valence electrons. The van der Waals surface area contributed by atoms with Crippen molar-refractivity contribution in [2.24, 2.45) is 5.92 Å². The van der Waals surface area contributed by atoms with E-state index in [0.29, 0.717) is 5.95 Å². The minimum atomic E-state index is 0.671. The molecular formula is C20H27N5. The smallest absolute Gasteiger partial charge is 0.229 e. The van der Waals surface area contributed by atoms with Gasteiger partial charge < -0.3 is 15.1 Å². The lowest BCUT2D eigenvalue weighted by atomic mass is 9.99. The largest absolute Gasteiger partial charge is 0.372 e. The van der Waals surface area contributed by atoms with Gasteiger partial charge in [-0.1, -0.05) is 6.92 Å². The molecule has 5 nitrogen and oxygen atoms in total. The van der Waals surface area contributed by atoms with E-state index in [2.05, 4.69) is 51.3 Å². The fourth-order valence-electron chi connectivity index (χ4n) is 3.68. The molecule has 4 rings (SSSR count). The molecule has 5 heteroatoms. The topological polar surface area (TPSA) is 44.3 Å². The van der Waals surface area contributed by atoms with Crippen molar-refractivity contribution in [1.29, 1.82) is 0 Å². The third kappa shape index (κ3) is 3.86. The molecule has 0 saturated carbocycles. The van der Waals surface area contributed by atoms with Crippen molar-refractivity contribution < 1.29 is 0 Å². The SMILES string of the molecule is CC1CCN(c2ccnc(Nc3ccc(N4CCCC4)cc3)n2)CC1. The van der Waals surface area contributed by atoms with Gasteiger partial charge in [0.1, 0.15) is 5.82 Å². The number of nitrogens with zero attached hydrogens (tertiary/aromatic N) is 4. The van der Waals surface area contributed by atoms with Gasteiger partial charge in [-0.15, -0.1) is 0 Å². The predicted molar refractivity (Wildman–Crippen MR) is 104 cm³/mol. The molecule has 0 amide bonds. The summed E-state index contributed by atoms with van der Waals surface area (Å²) in [5, 5.41) is 3.34. The van der Waals surface area contributed by atoms with Crippen LogP contribution in [0.2, 0.25) is 0 Å². The van der Waals surface area contributed by atoms with E-state index in [4.69, 9.17) is 4.98 Å². The van der Waals surface area contributed by atoms with Gasteiger partial charge in [0, 0.05) is 43.8 Å². The van der Waals surface area contributed by atoms with Gasteiger partial charge in [-0.2, -0.15) is 4.98 Å². The van der Waals surface area contributed by atoms with Gasteiger partial charge in [0.2, 0.25) is 5.95 Å². The maximum atomic E-state index is 4.71. The molecule has 0 unspecified atom stereocenters. The molecule has 3 heterocycles. The van der Waals surface area contributed by atoms with E-state index >= 15 is 0 Å². The highest BCUT2D eigenvalue weighted by Gasteiger charge is 2.17. The van der Waals surface area contributed by atoms with E-state index in [1.165, 1.54) is 44.5 Å². The molecule has 2 aliphatic rings. The lowest BCUT2D eigenvalue weighted by Crippen LogP contribution is -2.33. The van der Waals surface area contributed by atoms with E-state index in [0.717, 1.165) is 30.5 Å². The molecular weight excluding hydrogens is 310 g/mol.